The molecule has 2 atom stereocenters. The van der Waals surface area contributed by atoms with Crippen LogP contribution in [0.25, 0.3) is 0 Å². The second kappa shape index (κ2) is 7.95. The Labute approximate surface area is 133 Å². The second-order valence-electron chi connectivity index (χ2n) is 6.62. The summed E-state index contributed by atoms with van der Waals surface area (Å²) in [6.45, 7) is 4.81. The molecule has 2 aliphatic carbocycles. The Morgan fingerprint density at radius 2 is 1.86 bits per heavy atom. The summed E-state index contributed by atoms with van der Waals surface area (Å²) in [4.78, 5) is 23.5. The molecule has 1 spiro atoms. The molecule has 2 aliphatic rings. The van der Waals surface area contributed by atoms with E-state index < -0.39 is 0 Å². The molecule has 5 nitrogen and oxygen atoms in total. The van der Waals surface area contributed by atoms with Gasteiger partial charge in [-0.3, -0.25) is 9.59 Å². The molecule has 5 heteroatoms. The maximum Gasteiger partial charge on any atom is 0.239 e. The fraction of sp³-hybridized carbons (Fsp3) is 0.882. The second-order valence-corrected chi connectivity index (χ2v) is 6.62. The van der Waals surface area contributed by atoms with Crippen LogP contribution in [0.15, 0.2) is 0 Å². The summed E-state index contributed by atoms with van der Waals surface area (Å²) in [6, 6.07) is 0.208. The van der Waals surface area contributed by atoms with Crippen LogP contribution in [-0.4, -0.2) is 37.1 Å². The molecule has 2 amide bonds. The topological polar surface area (TPSA) is 67.4 Å². The summed E-state index contributed by atoms with van der Waals surface area (Å²) >= 11 is 0. The standard InChI is InChI=1S/C17H30N2O3/c1-3-8-15(20)18-12-16(21)19-13-11-14(22-4-2)17(13)9-6-5-7-10-17/h13-14H,3-12H2,1-2H3,(H,18,20)(H,19,21)/t13-,14-/m1/s1. The largest absolute Gasteiger partial charge is 0.378 e. The molecule has 0 aliphatic heterocycles. The first-order valence-corrected chi connectivity index (χ1v) is 8.80. The number of carbonyl (C=O) groups is 2. The summed E-state index contributed by atoms with van der Waals surface area (Å²) in [5, 5.41) is 5.81. The van der Waals surface area contributed by atoms with Crippen LogP contribution < -0.4 is 10.6 Å². The van der Waals surface area contributed by atoms with E-state index in [0.717, 1.165) is 32.3 Å². The molecule has 0 aromatic heterocycles. The molecular formula is C17H30N2O3. The quantitative estimate of drug-likeness (QED) is 0.757. The first-order chi connectivity index (χ1) is 10.6. The fourth-order valence-electron chi connectivity index (χ4n) is 4.01. The van der Waals surface area contributed by atoms with Crippen molar-refractivity contribution >= 4 is 11.8 Å². The highest BCUT2D eigenvalue weighted by molar-refractivity contribution is 5.84. The minimum absolute atomic E-state index is 0.0502. The normalized spacial score (nSPS) is 26.3. The summed E-state index contributed by atoms with van der Waals surface area (Å²) in [6.07, 6.45) is 8.50. The van der Waals surface area contributed by atoms with Gasteiger partial charge in [0.05, 0.1) is 12.6 Å². The van der Waals surface area contributed by atoms with E-state index in [1.165, 1.54) is 19.3 Å². The van der Waals surface area contributed by atoms with Gasteiger partial charge in [0.2, 0.25) is 11.8 Å². The van der Waals surface area contributed by atoms with Crippen molar-refractivity contribution < 1.29 is 14.3 Å². The molecule has 0 heterocycles. The van der Waals surface area contributed by atoms with Crippen LogP contribution in [0.3, 0.4) is 0 Å². The van der Waals surface area contributed by atoms with Gasteiger partial charge in [0, 0.05) is 24.5 Å². The molecule has 22 heavy (non-hydrogen) atoms. The third kappa shape index (κ3) is 3.80. The maximum atomic E-state index is 12.1. The van der Waals surface area contributed by atoms with E-state index >= 15 is 0 Å². The van der Waals surface area contributed by atoms with Crippen LogP contribution in [0, 0.1) is 5.41 Å². The first kappa shape index (κ1) is 17.3. The number of amides is 2. The van der Waals surface area contributed by atoms with Gasteiger partial charge in [0.25, 0.3) is 0 Å². The highest BCUT2D eigenvalue weighted by Crippen LogP contribution is 2.53. The molecule has 0 bridgehead atoms. The predicted octanol–water partition coefficient (Wildman–Crippen LogP) is 2.15. The van der Waals surface area contributed by atoms with Crippen molar-refractivity contribution in [1.29, 1.82) is 0 Å². The zero-order valence-corrected chi connectivity index (χ0v) is 14.0. The lowest BCUT2D eigenvalue weighted by molar-refractivity contribution is -0.156. The average molecular weight is 310 g/mol. The molecule has 2 fully saturated rings. The third-order valence-corrected chi connectivity index (χ3v) is 5.20. The number of ether oxygens (including phenoxy) is 1. The number of rotatable bonds is 7. The molecule has 0 aromatic carbocycles. The number of hydrogen-bond acceptors (Lipinski definition) is 3. The Kier molecular flexibility index (Phi) is 6.24. The van der Waals surface area contributed by atoms with E-state index in [0.29, 0.717) is 6.42 Å². The third-order valence-electron chi connectivity index (χ3n) is 5.20. The van der Waals surface area contributed by atoms with E-state index in [4.69, 9.17) is 4.74 Å². The van der Waals surface area contributed by atoms with E-state index in [1.807, 2.05) is 13.8 Å². The monoisotopic (exact) mass is 310 g/mol. The molecule has 0 unspecified atom stereocenters. The van der Waals surface area contributed by atoms with Crippen LogP contribution in [0.4, 0.5) is 0 Å². The van der Waals surface area contributed by atoms with E-state index in [9.17, 15) is 9.59 Å². The van der Waals surface area contributed by atoms with E-state index in [2.05, 4.69) is 10.6 Å². The fourth-order valence-corrected chi connectivity index (χ4v) is 4.01. The average Bonchev–Trinajstić information content (AvgIpc) is 2.53. The van der Waals surface area contributed by atoms with Gasteiger partial charge < -0.3 is 15.4 Å². The van der Waals surface area contributed by atoms with Gasteiger partial charge in [-0.25, -0.2) is 0 Å². The van der Waals surface area contributed by atoms with Crippen molar-refractivity contribution in [2.75, 3.05) is 13.2 Å². The zero-order chi connectivity index (χ0) is 16.0. The van der Waals surface area contributed by atoms with Crippen molar-refractivity contribution in [1.82, 2.24) is 10.6 Å². The molecule has 0 radical (unpaired) electrons. The van der Waals surface area contributed by atoms with Crippen LogP contribution in [0.2, 0.25) is 0 Å². The minimum Gasteiger partial charge on any atom is -0.378 e. The molecular weight excluding hydrogens is 280 g/mol. The molecule has 126 valence electrons. The Morgan fingerprint density at radius 1 is 1.14 bits per heavy atom. The molecule has 0 saturated heterocycles. The number of hydrogen-bond donors (Lipinski definition) is 2. The van der Waals surface area contributed by atoms with Gasteiger partial charge in [0.1, 0.15) is 0 Å². The zero-order valence-electron chi connectivity index (χ0n) is 14.0. The smallest absolute Gasteiger partial charge is 0.239 e. The Bertz CT molecular complexity index is 391. The highest BCUT2D eigenvalue weighted by atomic mass is 16.5. The van der Waals surface area contributed by atoms with Crippen molar-refractivity contribution in [3.8, 4) is 0 Å². The van der Waals surface area contributed by atoms with Gasteiger partial charge in [0.15, 0.2) is 0 Å². The Morgan fingerprint density at radius 3 is 2.50 bits per heavy atom. The van der Waals surface area contributed by atoms with Gasteiger partial charge in [-0.05, 0) is 32.6 Å². The summed E-state index contributed by atoms with van der Waals surface area (Å²) in [5.41, 5.74) is 0.136. The SMILES string of the molecule is CCCC(=O)NCC(=O)N[C@@H]1C[C@@H](OCC)C12CCCCC2. The van der Waals surface area contributed by atoms with Crippen molar-refractivity contribution in [2.24, 2.45) is 5.41 Å². The summed E-state index contributed by atoms with van der Waals surface area (Å²) in [7, 11) is 0. The van der Waals surface area contributed by atoms with Gasteiger partial charge in [-0.1, -0.05) is 26.2 Å². The minimum atomic E-state index is -0.0747. The van der Waals surface area contributed by atoms with Gasteiger partial charge >= 0.3 is 0 Å². The lowest BCUT2D eigenvalue weighted by Crippen LogP contribution is -2.66. The number of nitrogens with one attached hydrogen (secondary N) is 2. The van der Waals surface area contributed by atoms with E-state index in [-0.39, 0.29) is 35.9 Å². The summed E-state index contributed by atoms with van der Waals surface area (Å²) < 4.78 is 5.89. The molecule has 2 N–H and O–H groups in total. The van der Waals surface area contributed by atoms with Gasteiger partial charge in [-0.2, -0.15) is 0 Å². The van der Waals surface area contributed by atoms with Crippen LogP contribution in [0.1, 0.15) is 65.2 Å². The Hall–Kier alpha value is -1.10. The maximum absolute atomic E-state index is 12.1. The number of carbonyl (C=O) groups excluding carboxylic acids is 2. The van der Waals surface area contributed by atoms with Crippen molar-refractivity contribution in [2.45, 2.75) is 77.4 Å². The predicted molar refractivity (Wildman–Crippen MR) is 85.4 cm³/mol. The molecule has 2 saturated carbocycles. The van der Waals surface area contributed by atoms with Crippen molar-refractivity contribution in [3.63, 3.8) is 0 Å². The van der Waals surface area contributed by atoms with Crippen molar-refractivity contribution in [3.05, 3.63) is 0 Å². The lowest BCUT2D eigenvalue weighted by Gasteiger charge is -2.57. The lowest BCUT2D eigenvalue weighted by atomic mass is 9.55. The molecule has 2 rings (SSSR count). The van der Waals surface area contributed by atoms with Gasteiger partial charge in [-0.15, -0.1) is 0 Å². The van der Waals surface area contributed by atoms with Crippen LogP contribution in [-0.2, 0) is 14.3 Å². The summed E-state index contributed by atoms with van der Waals surface area (Å²) in [5.74, 6) is -0.125. The Balaban J connectivity index is 1.83. The van der Waals surface area contributed by atoms with E-state index in [1.54, 1.807) is 0 Å². The first-order valence-electron chi connectivity index (χ1n) is 8.80. The van der Waals surface area contributed by atoms with Crippen LogP contribution >= 0.6 is 0 Å². The molecule has 0 aromatic rings. The van der Waals surface area contributed by atoms with Crippen LogP contribution in [0.5, 0.6) is 0 Å². The highest BCUT2D eigenvalue weighted by Gasteiger charge is 2.56.